The normalized spacial score (nSPS) is 18.2. The highest BCUT2D eigenvalue weighted by atomic mass is 35.5. The van der Waals surface area contributed by atoms with Crippen molar-refractivity contribution in [2.45, 2.75) is 25.9 Å². The van der Waals surface area contributed by atoms with Crippen molar-refractivity contribution in [3.63, 3.8) is 0 Å². The molecule has 1 aliphatic heterocycles. The van der Waals surface area contributed by atoms with Crippen molar-refractivity contribution in [3.05, 3.63) is 22.7 Å². The van der Waals surface area contributed by atoms with Crippen LogP contribution in [0.1, 0.15) is 30.6 Å². The van der Waals surface area contributed by atoms with E-state index < -0.39 is 5.60 Å². The summed E-state index contributed by atoms with van der Waals surface area (Å²) in [6.07, 6.45) is 0.291. The summed E-state index contributed by atoms with van der Waals surface area (Å²) >= 11 is 5.90. The van der Waals surface area contributed by atoms with Gasteiger partial charge in [0.2, 0.25) is 0 Å². The van der Waals surface area contributed by atoms with Crippen LogP contribution in [0.4, 0.5) is 0 Å². The first-order valence-corrected chi connectivity index (χ1v) is 5.01. The standard InChI is InChI=1S/C11H11ClO3/c1-11(2)5-9(14)7-3-6(13)4-8(12)10(7)15-11/h3-4,13H,5H2,1-2H3. The first-order valence-electron chi connectivity index (χ1n) is 4.64. The molecule has 0 saturated carbocycles. The summed E-state index contributed by atoms with van der Waals surface area (Å²) in [4.78, 5) is 11.8. The van der Waals surface area contributed by atoms with Gasteiger partial charge in [0.15, 0.2) is 5.78 Å². The van der Waals surface area contributed by atoms with Crippen molar-refractivity contribution < 1.29 is 14.6 Å². The molecule has 0 aliphatic carbocycles. The second-order valence-electron chi connectivity index (χ2n) is 4.27. The zero-order valence-electron chi connectivity index (χ0n) is 8.50. The molecular weight excluding hydrogens is 216 g/mol. The topological polar surface area (TPSA) is 46.5 Å². The van der Waals surface area contributed by atoms with Crippen LogP contribution in [0.3, 0.4) is 0 Å². The molecule has 15 heavy (non-hydrogen) atoms. The van der Waals surface area contributed by atoms with Gasteiger partial charge in [-0.15, -0.1) is 0 Å². The highest BCUT2D eigenvalue weighted by molar-refractivity contribution is 6.33. The third kappa shape index (κ3) is 1.79. The third-order valence-corrected chi connectivity index (χ3v) is 2.57. The number of halogens is 1. The SMILES string of the molecule is CC1(C)CC(=O)c2cc(O)cc(Cl)c2O1. The quantitative estimate of drug-likeness (QED) is 0.740. The molecule has 80 valence electrons. The molecule has 0 atom stereocenters. The average molecular weight is 227 g/mol. The Morgan fingerprint density at radius 2 is 2.13 bits per heavy atom. The molecular formula is C11H11ClO3. The Morgan fingerprint density at radius 3 is 2.80 bits per heavy atom. The number of ketones is 1. The minimum atomic E-state index is -0.537. The van der Waals surface area contributed by atoms with Gasteiger partial charge in [-0.3, -0.25) is 4.79 Å². The maximum absolute atomic E-state index is 11.8. The summed E-state index contributed by atoms with van der Waals surface area (Å²) in [5, 5.41) is 9.59. The molecule has 1 aromatic rings. The smallest absolute Gasteiger partial charge is 0.170 e. The second kappa shape index (κ2) is 3.14. The fourth-order valence-corrected chi connectivity index (χ4v) is 1.94. The van der Waals surface area contributed by atoms with Crippen LogP contribution in [0, 0.1) is 0 Å². The van der Waals surface area contributed by atoms with E-state index in [4.69, 9.17) is 16.3 Å². The van der Waals surface area contributed by atoms with Crippen LogP contribution >= 0.6 is 11.6 Å². The van der Waals surface area contributed by atoms with Gasteiger partial charge in [0.1, 0.15) is 17.1 Å². The number of aromatic hydroxyl groups is 1. The second-order valence-corrected chi connectivity index (χ2v) is 4.67. The van der Waals surface area contributed by atoms with E-state index in [1.165, 1.54) is 12.1 Å². The molecule has 4 heteroatoms. The maximum Gasteiger partial charge on any atom is 0.170 e. The summed E-state index contributed by atoms with van der Waals surface area (Å²) in [5.74, 6) is 0.296. The van der Waals surface area contributed by atoms with Crippen LogP contribution in [0.5, 0.6) is 11.5 Å². The fraction of sp³-hybridized carbons (Fsp3) is 0.364. The molecule has 0 spiro atoms. The molecule has 1 N–H and O–H groups in total. The van der Waals surface area contributed by atoms with Gasteiger partial charge in [0.25, 0.3) is 0 Å². The number of benzene rings is 1. The Hall–Kier alpha value is -1.22. The Labute approximate surface area is 92.6 Å². The van der Waals surface area contributed by atoms with Crippen molar-refractivity contribution in [2.24, 2.45) is 0 Å². The van der Waals surface area contributed by atoms with Crippen LogP contribution < -0.4 is 4.74 Å². The first-order chi connectivity index (χ1) is 6.89. The monoisotopic (exact) mass is 226 g/mol. The fourth-order valence-electron chi connectivity index (χ4n) is 1.68. The van der Waals surface area contributed by atoms with Crippen LogP contribution in [-0.4, -0.2) is 16.5 Å². The van der Waals surface area contributed by atoms with Gasteiger partial charge in [-0.1, -0.05) is 11.6 Å². The molecule has 0 amide bonds. The molecule has 0 saturated heterocycles. The van der Waals surface area contributed by atoms with Gasteiger partial charge in [-0.25, -0.2) is 0 Å². The number of rotatable bonds is 0. The van der Waals surface area contributed by atoms with Crippen molar-refractivity contribution in [1.29, 1.82) is 0 Å². The van der Waals surface area contributed by atoms with Crippen LogP contribution in [0.2, 0.25) is 5.02 Å². The predicted molar refractivity (Wildman–Crippen MR) is 56.8 cm³/mol. The van der Waals surface area contributed by atoms with Crippen molar-refractivity contribution in [1.82, 2.24) is 0 Å². The van der Waals surface area contributed by atoms with E-state index in [0.717, 1.165) is 0 Å². The Balaban J connectivity index is 2.60. The summed E-state index contributed by atoms with van der Waals surface area (Å²) in [6.45, 7) is 3.66. The average Bonchev–Trinajstić information content (AvgIpc) is 2.06. The lowest BCUT2D eigenvalue weighted by Gasteiger charge is -2.32. The number of ether oxygens (including phenoxy) is 1. The highest BCUT2D eigenvalue weighted by Gasteiger charge is 2.34. The largest absolute Gasteiger partial charge is 0.508 e. The number of hydrogen-bond acceptors (Lipinski definition) is 3. The Morgan fingerprint density at radius 1 is 1.47 bits per heavy atom. The van der Waals surface area contributed by atoms with Crippen LogP contribution in [0.25, 0.3) is 0 Å². The molecule has 3 nitrogen and oxygen atoms in total. The van der Waals surface area contributed by atoms with E-state index in [2.05, 4.69) is 0 Å². The lowest BCUT2D eigenvalue weighted by molar-refractivity contribution is 0.0619. The molecule has 0 fully saturated rings. The summed E-state index contributed by atoms with van der Waals surface area (Å²) in [7, 11) is 0. The number of carbonyl (C=O) groups is 1. The van der Waals surface area contributed by atoms with E-state index in [1.54, 1.807) is 0 Å². The molecule has 2 rings (SSSR count). The number of hydrogen-bond donors (Lipinski definition) is 1. The van der Waals surface area contributed by atoms with Gasteiger partial charge in [0.05, 0.1) is 17.0 Å². The number of phenolic OH excluding ortho intramolecular Hbond substituents is 1. The summed E-state index contributed by atoms with van der Waals surface area (Å²) < 4.78 is 5.61. The number of phenols is 1. The maximum atomic E-state index is 11.8. The summed E-state index contributed by atoms with van der Waals surface area (Å²) in [6, 6.07) is 2.76. The lowest BCUT2D eigenvalue weighted by Crippen LogP contribution is -2.36. The molecule has 0 bridgehead atoms. The van der Waals surface area contributed by atoms with Gasteiger partial charge < -0.3 is 9.84 Å². The minimum absolute atomic E-state index is 0.0181. The number of fused-ring (bicyclic) bond motifs is 1. The van der Waals surface area contributed by atoms with Crippen molar-refractivity contribution in [2.75, 3.05) is 0 Å². The molecule has 1 aromatic carbocycles. The van der Waals surface area contributed by atoms with E-state index in [-0.39, 0.29) is 16.6 Å². The molecule has 0 aromatic heterocycles. The molecule has 0 unspecified atom stereocenters. The van der Waals surface area contributed by atoms with Crippen molar-refractivity contribution >= 4 is 17.4 Å². The van der Waals surface area contributed by atoms with Crippen molar-refractivity contribution in [3.8, 4) is 11.5 Å². The van der Waals surface area contributed by atoms with Gasteiger partial charge in [0, 0.05) is 6.07 Å². The highest BCUT2D eigenvalue weighted by Crippen LogP contribution is 2.40. The van der Waals surface area contributed by atoms with Crippen LogP contribution in [-0.2, 0) is 0 Å². The number of carbonyl (C=O) groups excluding carboxylic acids is 1. The Bertz CT molecular complexity index is 438. The van der Waals surface area contributed by atoms with E-state index in [9.17, 15) is 9.90 Å². The third-order valence-electron chi connectivity index (χ3n) is 2.29. The van der Waals surface area contributed by atoms with Gasteiger partial charge in [-0.2, -0.15) is 0 Å². The molecule has 1 aliphatic rings. The zero-order chi connectivity index (χ0) is 11.2. The zero-order valence-corrected chi connectivity index (χ0v) is 9.26. The summed E-state index contributed by atoms with van der Waals surface area (Å²) in [5.41, 5.74) is -0.177. The minimum Gasteiger partial charge on any atom is -0.508 e. The lowest BCUT2D eigenvalue weighted by atomic mass is 9.93. The van der Waals surface area contributed by atoms with E-state index in [1.807, 2.05) is 13.8 Å². The van der Waals surface area contributed by atoms with E-state index >= 15 is 0 Å². The number of Topliss-reactive ketones (excluding diaryl/α,β-unsaturated/α-hetero) is 1. The van der Waals surface area contributed by atoms with E-state index in [0.29, 0.717) is 17.7 Å². The molecule has 1 heterocycles. The Kier molecular flexibility index (Phi) is 2.15. The van der Waals surface area contributed by atoms with Gasteiger partial charge in [-0.05, 0) is 19.9 Å². The predicted octanol–water partition coefficient (Wildman–Crippen LogP) is 2.79. The van der Waals surface area contributed by atoms with Crippen LogP contribution in [0.15, 0.2) is 12.1 Å². The van der Waals surface area contributed by atoms with Gasteiger partial charge >= 0.3 is 0 Å². The first kappa shape index (κ1) is 10.3. The molecule has 0 radical (unpaired) electrons.